The van der Waals surface area contributed by atoms with Crippen molar-refractivity contribution < 1.29 is 4.74 Å². The van der Waals surface area contributed by atoms with E-state index in [0.717, 1.165) is 26.2 Å². The maximum Gasteiger partial charge on any atom is 0.0967 e. The van der Waals surface area contributed by atoms with E-state index in [1.807, 2.05) is 18.5 Å². The van der Waals surface area contributed by atoms with Crippen molar-refractivity contribution in [2.75, 3.05) is 39.3 Å². The third kappa shape index (κ3) is 3.86. The van der Waals surface area contributed by atoms with Crippen molar-refractivity contribution in [3.05, 3.63) is 30.1 Å². The highest BCUT2D eigenvalue weighted by Gasteiger charge is 2.32. The highest BCUT2D eigenvalue weighted by atomic mass is 16.5. The summed E-state index contributed by atoms with van der Waals surface area (Å²) in [5, 5.41) is 0. The molecule has 0 aromatic carbocycles. The summed E-state index contributed by atoms with van der Waals surface area (Å²) < 4.78 is 5.96. The summed E-state index contributed by atoms with van der Waals surface area (Å²) >= 11 is 0. The van der Waals surface area contributed by atoms with Gasteiger partial charge in [-0.1, -0.05) is 12.5 Å². The van der Waals surface area contributed by atoms with Gasteiger partial charge in [0.25, 0.3) is 0 Å². The Bertz CT molecular complexity index is 457. The van der Waals surface area contributed by atoms with E-state index in [9.17, 15) is 0 Å². The molecule has 0 bridgehead atoms. The molecule has 3 heterocycles. The van der Waals surface area contributed by atoms with Gasteiger partial charge in [-0.3, -0.25) is 14.8 Å². The predicted molar refractivity (Wildman–Crippen MR) is 88.9 cm³/mol. The highest BCUT2D eigenvalue weighted by Crippen LogP contribution is 2.26. The SMILES string of the molecule is CC(C)(CN1CCO[C@H](c2cccnc2)C1)N1CCCCC1. The third-order valence-electron chi connectivity index (χ3n) is 5.03. The van der Waals surface area contributed by atoms with Crippen molar-refractivity contribution >= 4 is 0 Å². The molecule has 2 fully saturated rings. The van der Waals surface area contributed by atoms with Crippen molar-refractivity contribution in [3.8, 4) is 0 Å². The second-order valence-electron chi connectivity index (χ2n) is 7.24. The summed E-state index contributed by atoms with van der Waals surface area (Å²) in [6, 6.07) is 4.12. The fraction of sp³-hybridized carbons (Fsp3) is 0.722. The minimum absolute atomic E-state index is 0.166. The maximum atomic E-state index is 5.96. The van der Waals surface area contributed by atoms with Crippen molar-refractivity contribution in [1.29, 1.82) is 0 Å². The topological polar surface area (TPSA) is 28.6 Å². The molecule has 0 radical (unpaired) electrons. The molecule has 2 aliphatic rings. The van der Waals surface area contributed by atoms with Gasteiger partial charge in [-0.25, -0.2) is 0 Å². The average molecular weight is 303 g/mol. The Labute approximate surface area is 134 Å². The number of nitrogens with zero attached hydrogens (tertiary/aromatic N) is 3. The van der Waals surface area contributed by atoms with Gasteiger partial charge in [0.05, 0.1) is 12.7 Å². The number of likely N-dealkylation sites (tertiary alicyclic amines) is 1. The Kier molecular flexibility index (Phi) is 5.11. The van der Waals surface area contributed by atoms with E-state index in [1.165, 1.54) is 37.9 Å². The van der Waals surface area contributed by atoms with E-state index < -0.39 is 0 Å². The number of aromatic nitrogens is 1. The summed E-state index contributed by atoms with van der Waals surface area (Å²) in [6.45, 7) is 11.2. The average Bonchev–Trinajstić information content (AvgIpc) is 2.56. The zero-order chi connectivity index (χ0) is 15.4. The summed E-state index contributed by atoms with van der Waals surface area (Å²) in [4.78, 5) is 9.46. The Morgan fingerprint density at radius 2 is 2.05 bits per heavy atom. The summed E-state index contributed by atoms with van der Waals surface area (Å²) in [6.07, 6.45) is 8.02. The lowest BCUT2D eigenvalue weighted by molar-refractivity contribution is -0.0488. The Balaban J connectivity index is 1.60. The molecule has 2 aliphatic heterocycles. The standard InChI is InChI=1S/C18H29N3O/c1-18(2,21-9-4-3-5-10-21)15-20-11-12-22-17(14-20)16-7-6-8-19-13-16/h6-8,13,17H,3-5,9-12,14-15H2,1-2H3/t17-/m0/s1. The molecule has 0 aliphatic carbocycles. The van der Waals surface area contributed by atoms with Crippen LogP contribution in [-0.2, 0) is 4.74 Å². The first-order valence-corrected chi connectivity index (χ1v) is 8.64. The first kappa shape index (κ1) is 15.9. The fourth-order valence-electron chi connectivity index (χ4n) is 3.76. The van der Waals surface area contributed by atoms with Crippen LogP contribution >= 0.6 is 0 Å². The van der Waals surface area contributed by atoms with Crippen molar-refractivity contribution in [2.24, 2.45) is 0 Å². The largest absolute Gasteiger partial charge is 0.371 e. The van der Waals surface area contributed by atoms with E-state index in [-0.39, 0.29) is 11.6 Å². The minimum Gasteiger partial charge on any atom is -0.371 e. The van der Waals surface area contributed by atoms with Crippen LogP contribution in [0.2, 0.25) is 0 Å². The molecule has 1 aromatic heterocycles. The van der Waals surface area contributed by atoms with Gasteiger partial charge in [-0.05, 0) is 45.8 Å². The number of piperidine rings is 1. The maximum absolute atomic E-state index is 5.96. The molecule has 122 valence electrons. The Morgan fingerprint density at radius 1 is 1.23 bits per heavy atom. The number of hydrogen-bond acceptors (Lipinski definition) is 4. The normalized spacial score (nSPS) is 25.3. The van der Waals surface area contributed by atoms with Crippen LogP contribution in [0.25, 0.3) is 0 Å². The summed E-state index contributed by atoms with van der Waals surface area (Å²) in [5.74, 6) is 0. The smallest absolute Gasteiger partial charge is 0.0967 e. The van der Waals surface area contributed by atoms with Crippen LogP contribution in [0, 0.1) is 0 Å². The van der Waals surface area contributed by atoms with E-state index in [2.05, 4.69) is 34.7 Å². The number of rotatable bonds is 4. The fourth-order valence-corrected chi connectivity index (χ4v) is 3.76. The van der Waals surface area contributed by atoms with Crippen LogP contribution in [0.15, 0.2) is 24.5 Å². The minimum atomic E-state index is 0.166. The highest BCUT2D eigenvalue weighted by molar-refractivity contribution is 5.13. The van der Waals surface area contributed by atoms with E-state index in [4.69, 9.17) is 4.74 Å². The number of hydrogen-bond donors (Lipinski definition) is 0. The van der Waals surface area contributed by atoms with Crippen LogP contribution in [0.5, 0.6) is 0 Å². The molecular formula is C18H29N3O. The van der Waals surface area contributed by atoms with E-state index in [0.29, 0.717) is 0 Å². The van der Waals surface area contributed by atoms with Gasteiger partial charge >= 0.3 is 0 Å². The lowest BCUT2D eigenvalue weighted by atomic mass is 9.97. The van der Waals surface area contributed by atoms with Crippen LogP contribution < -0.4 is 0 Å². The van der Waals surface area contributed by atoms with Crippen LogP contribution in [-0.4, -0.2) is 59.7 Å². The molecule has 1 atom stereocenters. The molecule has 0 N–H and O–H groups in total. The van der Waals surface area contributed by atoms with Gasteiger partial charge in [-0.15, -0.1) is 0 Å². The van der Waals surface area contributed by atoms with E-state index >= 15 is 0 Å². The van der Waals surface area contributed by atoms with E-state index in [1.54, 1.807) is 0 Å². The molecule has 4 nitrogen and oxygen atoms in total. The van der Waals surface area contributed by atoms with Crippen molar-refractivity contribution in [2.45, 2.75) is 44.8 Å². The van der Waals surface area contributed by atoms with Crippen molar-refractivity contribution in [1.82, 2.24) is 14.8 Å². The third-order valence-corrected chi connectivity index (χ3v) is 5.03. The van der Waals surface area contributed by atoms with Crippen LogP contribution in [0.1, 0.15) is 44.8 Å². The van der Waals surface area contributed by atoms with Crippen LogP contribution in [0.4, 0.5) is 0 Å². The van der Waals surface area contributed by atoms with Gasteiger partial charge in [0.2, 0.25) is 0 Å². The zero-order valence-electron chi connectivity index (χ0n) is 14.0. The monoisotopic (exact) mass is 303 g/mol. The molecular weight excluding hydrogens is 274 g/mol. The Hall–Kier alpha value is -0.970. The van der Waals surface area contributed by atoms with Gasteiger partial charge in [0.15, 0.2) is 0 Å². The second kappa shape index (κ2) is 7.07. The number of pyridine rings is 1. The predicted octanol–water partition coefficient (Wildman–Crippen LogP) is 2.72. The first-order valence-electron chi connectivity index (χ1n) is 8.64. The first-order chi connectivity index (χ1) is 10.6. The molecule has 0 spiro atoms. The molecule has 4 heteroatoms. The molecule has 22 heavy (non-hydrogen) atoms. The second-order valence-corrected chi connectivity index (χ2v) is 7.24. The number of ether oxygens (including phenoxy) is 1. The molecule has 0 unspecified atom stereocenters. The quantitative estimate of drug-likeness (QED) is 0.855. The molecule has 2 saturated heterocycles. The van der Waals surface area contributed by atoms with Crippen LogP contribution in [0.3, 0.4) is 0 Å². The molecule has 0 saturated carbocycles. The summed E-state index contributed by atoms with van der Waals surface area (Å²) in [7, 11) is 0. The van der Waals surface area contributed by atoms with Gasteiger partial charge in [0, 0.05) is 43.1 Å². The summed E-state index contributed by atoms with van der Waals surface area (Å²) in [5.41, 5.74) is 1.44. The molecule has 0 amide bonds. The zero-order valence-corrected chi connectivity index (χ0v) is 14.0. The Morgan fingerprint density at radius 3 is 2.77 bits per heavy atom. The number of morpholine rings is 1. The van der Waals surface area contributed by atoms with Gasteiger partial charge in [-0.2, -0.15) is 0 Å². The lowest BCUT2D eigenvalue weighted by Crippen LogP contribution is -2.55. The molecule has 3 rings (SSSR count). The van der Waals surface area contributed by atoms with Gasteiger partial charge < -0.3 is 4.74 Å². The van der Waals surface area contributed by atoms with Crippen molar-refractivity contribution in [3.63, 3.8) is 0 Å². The lowest BCUT2D eigenvalue weighted by Gasteiger charge is -2.45. The van der Waals surface area contributed by atoms with Gasteiger partial charge in [0.1, 0.15) is 0 Å². The molecule has 1 aromatic rings.